The highest BCUT2D eigenvalue weighted by atomic mass is 32.2. The van der Waals surface area contributed by atoms with Gasteiger partial charge in [-0.1, -0.05) is 35.9 Å². The van der Waals surface area contributed by atoms with Crippen molar-refractivity contribution in [2.24, 2.45) is 5.10 Å². The normalized spacial score (nSPS) is 11.3. The van der Waals surface area contributed by atoms with Gasteiger partial charge in [0.15, 0.2) is 11.5 Å². The first-order chi connectivity index (χ1) is 16.8. The lowest BCUT2D eigenvalue weighted by atomic mass is 10.2. The summed E-state index contributed by atoms with van der Waals surface area (Å²) in [4.78, 5) is 24.4. The minimum absolute atomic E-state index is 0.0657. The number of hydrogen-bond acceptors (Lipinski definition) is 7. The quantitative estimate of drug-likeness (QED) is 0.193. The van der Waals surface area contributed by atoms with Crippen LogP contribution in [-0.4, -0.2) is 39.7 Å². The predicted molar refractivity (Wildman–Crippen MR) is 131 cm³/mol. The lowest BCUT2D eigenvalue weighted by Crippen LogP contribution is -2.34. The maximum absolute atomic E-state index is 12.3. The number of hydrazone groups is 1. The van der Waals surface area contributed by atoms with Crippen LogP contribution in [0, 0.1) is 6.92 Å². The van der Waals surface area contributed by atoms with Gasteiger partial charge in [-0.05, 0) is 61.9 Å². The molecule has 0 saturated carbocycles. The number of amides is 1. The standard InChI is InChI=1S/C25H25N3O6S/c1-3-33-23-15-19(11-14-22(23)34-25(30)20-7-5-4-6-8-20)16-26-28-24(29)17-27-35(31,32)21-12-9-18(2)10-13-21/h4-16,27H,3,17H2,1-2H3,(H,28,29). The van der Waals surface area contributed by atoms with Crippen LogP contribution in [0.3, 0.4) is 0 Å². The number of benzene rings is 3. The van der Waals surface area contributed by atoms with E-state index in [9.17, 15) is 18.0 Å². The van der Waals surface area contributed by atoms with Crippen LogP contribution in [-0.2, 0) is 14.8 Å². The van der Waals surface area contributed by atoms with Crippen LogP contribution in [0.5, 0.6) is 11.5 Å². The molecule has 0 fully saturated rings. The van der Waals surface area contributed by atoms with Crippen molar-refractivity contribution >= 4 is 28.1 Å². The molecule has 0 heterocycles. The van der Waals surface area contributed by atoms with Gasteiger partial charge in [0.05, 0.1) is 29.8 Å². The number of carbonyl (C=O) groups is 2. The third kappa shape index (κ3) is 7.49. The molecule has 0 radical (unpaired) electrons. The van der Waals surface area contributed by atoms with Gasteiger partial charge in [0, 0.05) is 0 Å². The molecule has 35 heavy (non-hydrogen) atoms. The zero-order valence-corrected chi connectivity index (χ0v) is 20.0. The fourth-order valence-corrected chi connectivity index (χ4v) is 3.85. The van der Waals surface area contributed by atoms with Crippen LogP contribution in [0.1, 0.15) is 28.4 Å². The maximum atomic E-state index is 12.3. The van der Waals surface area contributed by atoms with E-state index in [1.807, 2.05) is 6.92 Å². The van der Waals surface area contributed by atoms with Crippen LogP contribution in [0.4, 0.5) is 0 Å². The zero-order valence-electron chi connectivity index (χ0n) is 19.2. The molecule has 1 amide bonds. The van der Waals surface area contributed by atoms with Crippen LogP contribution in [0.2, 0.25) is 0 Å². The Labute approximate surface area is 203 Å². The second-order valence-corrected chi connectivity index (χ2v) is 9.09. The van der Waals surface area contributed by atoms with Gasteiger partial charge in [-0.2, -0.15) is 5.10 Å². The van der Waals surface area contributed by atoms with Crippen molar-refractivity contribution < 1.29 is 27.5 Å². The van der Waals surface area contributed by atoms with Gasteiger partial charge in [-0.25, -0.2) is 23.4 Å². The summed E-state index contributed by atoms with van der Waals surface area (Å²) in [5.41, 5.74) is 4.15. The van der Waals surface area contributed by atoms with Crippen molar-refractivity contribution in [2.45, 2.75) is 18.7 Å². The Morgan fingerprint density at radius 2 is 1.69 bits per heavy atom. The van der Waals surface area contributed by atoms with Crippen molar-refractivity contribution in [2.75, 3.05) is 13.2 Å². The molecule has 3 rings (SSSR count). The van der Waals surface area contributed by atoms with E-state index < -0.39 is 28.4 Å². The highest BCUT2D eigenvalue weighted by Crippen LogP contribution is 2.29. The second kappa shape index (κ2) is 11.9. The van der Waals surface area contributed by atoms with E-state index in [4.69, 9.17) is 9.47 Å². The molecule has 9 nitrogen and oxygen atoms in total. The molecule has 0 aliphatic carbocycles. The summed E-state index contributed by atoms with van der Waals surface area (Å²) >= 11 is 0. The van der Waals surface area contributed by atoms with E-state index >= 15 is 0 Å². The monoisotopic (exact) mass is 495 g/mol. The Morgan fingerprint density at radius 1 is 0.971 bits per heavy atom. The summed E-state index contributed by atoms with van der Waals surface area (Å²) in [6.07, 6.45) is 1.36. The van der Waals surface area contributed by atoms with Gasteiger partial charge < -0.3 is 9.47 Å². The van der Waals surface area contributed by atoms with Gasteiger partial charge in [0.25, 0.3) is 5.91 Å². The molecule has 2 N–H and O–H groups in total. The second-order valence-electron chi connectivity index (χ2n) is 7.33. The van der Waals surface area contributed by atoms with E-state index in [1.54, 1.807) is 67.6 Å². The summed E-state index contributed by atoms with van der Waals surface area (Å²) in [6, 6.07) is 19.6. The van der Waals surface area contributed by atoms with E-state index in [0.717, 1.165) is 5.56 Å². The summed E-state index contributed by atoms with van der Waals surface area (Å²) in [6.45, 7) is 3.50. The SMILES string of the molecule is CCOc1cc(C=NNC(=O)CNS(=O)(=O)c2ccc(C)cc2)ccc1OC(=O)c1ccccc1. The number of nitrogens with one attached hydrogen (secondary N) is 2. The maximum Gasteiger partial charge on any atom is 0.343 e. The van der Waals surface area contributed by atoms with E-state index in [2.05, 4.69) is 15.2 Å². The topological polar surface area (TPSA) is 123 Å². The predicted octanol–water partition coefficient (Wildman–Crippen LogP) is 3.04. The fraction of sp³-hybridized carbons (Fsp3) is 0.160. The minimum atomic E-state index is -3.82. The number of aryl methyl sites for hydroxylation is 1. The van der Waals surface area contributed by atoms with Crippen molar-refractivity contribution in [3.63, 3.8) is 0 Å². The first-order valence-corrected chi connectivity index (χ1v) is 12.2. The molecule has 3 aromatic rings. The highest BCUT2D eigenvalue weighted by molar-refractivity contribution is 7.89. The van der Waals surface area contributed by atoms with Gasteiger partial charge in [-0.3, -0.25) is 4.79 Å². The number of ether oxygens (including phenoxy) is 2. The molecule has 182 valence electrons. The Kier molecular flexibility index (Phi) is 8.71. The first kappa shape index (κ1) is 25.6. The number of esters is 1. The third-order valence-corrected chi connectivity index (χ3v) is 6.05. The van der Waals surface area contributed by atoms with Crippen LogP contribution in [0.25, 0.3) is 0 Å². The van der Waals surface area contributed by atoms with Gasteiger partial charge in [-0.15, -0.1) is 0 Å². The van der Waals surface area contributed by atoms with E-state index in [0.29, 0.717) is 23.5 Å². The van der Waals surface area contributed by atoms with E-state index in [-0.39, 0.29) is 10.6 Å². The molecule has 0 aromatic heterocycles. The molecular formula is C25H25N3O6S. The van der Waals surface area contributed by atoms with E-state index in [1.165, 1.54) is 18.3 Å². The first-order valence-electron chi connectivity index (χ1n) is 10.7. The average molecular weight is 496 g/mol. The molecule has 0 saturated heterocycles. The fourth-order valence-electron chi connectivity index (χ4n) is 2.87. The molecular weight excluding hydrogens is 470 g/mol. The van der Waals surface area contributed by atoms with Crippen molar-refractivity contribution in [1.29, 1.82) is 0 Å². The van der Waals surface area contributed by atoms with Gasteiger partial charge in [0.2, 0.25) is 10.0 Å². The number of rotatable bonds is 10. The van der Waals surface area contributed by atoms with Crippen molar-refractivity contribution in [3.05, 3.63) is 89.5 Å². The highest BCUT2D eigenvalue weighted by Gasteiger charge is 2.15. The Bertz CT molecular complexity index is 1310. The number of carbonyl (C=O) groups excluding carboxylic acids is 2. The van der Waals surface area contributed by atoms with Crippen LogP contribution < -0.4 is 19.6 Å². The molecule has 3 aromatic carbocycles. The number of nitrogens with zero attached hydrogens (tertiary/aromatic N) is 1. The Hall–Kier alpha value is -4.02. The van der Waals surface area contributed by atoms with Crippen molar-refractivity contribution in [3.8, 4) is 11.5 Å². The van der Waals surface area contributed by atoms with Gasteiger partial charge >= 0.3 is 5.97 Å². The molecule has 0 bridgehead atoms. The van der Waals surface area contributed by atoms with Crippen LogP contribution in [0.15, 0.2) is 82.8 Å². The summed E-state index contributed by atoms with van der Waals surface area (Å²) in [5.74, 6) is -0.589. The lowest BCUT2D eigenvalue weighted by molar-refractivity contribution is -0.119. The molecule has 0 atom stereocenters. The smallest absolute Gasteiger partial charge is 0.343 e. The summed E-state index contributed by atoms with van der Waals surface area (Å²) < 4.78 is 37.8. The third-order valence-electron chi connectivity index (χ3n) is 4.64. The minimum Gasteiger partial charge on any atom is -0.490 e. The largest absolute Gasteiger partial charge is 0.490 e. The summed E-state index contributed by atoms with van der Waals surface area (Å²) in [7, 11) is -3.82. The molecule has 10 heteroatoms. The zero-order chi connectivity index (χ0) is 25.3. The number of sulfonamides is 1. The summed E-state index contributed by atoms with van der Waals surface area (Å²) in [5, 5.41) is 3.84. The van der Waals surface area contributed by atoms with Crippen molar-refractivity contribution in [1.82, 2.24) is 10.1 Å². The van der Waals surface area contributed by atoms with Crippen LogP contribution >= 0.6 is 0 Å². The molecule has 0 spiro atoms. The Morgan fingerprint density at radius 3 is 2.37 bits per heavy atom. The number of hydrogen-bond donors (Lipinski definition) is 2. The Balaban J connectivity index is 1.58. The molecule has 0 unspecified atom stereocenters. The average Bonchev–Trinajstić information content (AvgIpc) is 2.85. The molecule has 0 aliphatic rings. The lowest BCUT2D eigenvalue weighted by Gasteiger charge is -2.11. The molecule has 0 aliphatic heterocycles. The van der Waals surface area contributed by atoms with Gasteiger partial charge in [0.1, 0.15) is 0 Å².